The predicted molar refractivity (Wildman–Crippen MR) is 56.1 cm³/mol. The van der Waals surface area contributed by atoms with Crippen LogP contribution in [0.1, 0.15) is 17.9 Å². The molecule has 1 aliphatic heterocycles. The van der Waals surface area contributed by atoms with Gasteiger partial charge in [0.25, 0.3) is 0 Å². The second kappa shape index (κ2) is 4.62. The van der Waals surface area contributed by atoms with Gasteiger partial charge in [-0.1, -0.05) is 0 Å². The summed E-state index contributed by atoms with van der Waals surface area (Å²) in [5.41, 5.74) is 0. The molecule has 2 N–H and O–H groups in total. The quantitative estimate of drug-likeness (QED) is 0.758. The van der Waals surface area contributed by atoms with Crippen LogP contribution in [0.25, 0.3) is 0 Å². The molecule has 1 unspecified atom stereocenters. The van der Waals surface area contributed by atoms with Crippen molar-refractivity contribution in [2.75, 3.05) is 19.6 Å². The van der Waals surface area contributed by atoms with Gasteiger partial charge < -0.3 is 15.1 Å². The third-order valence-electron chi connectivity index (χ3n) is 2.69. The first kappa shape index (κ1) is 9.74. The maximum Gasteiger partial charge on any atom is 0.117 e. The fraction of sp³-hybridized carbons (Fsp3) is 0.636. The molecule has 2 heterocycles. The summed E-state index contributed by atoms with van der Waals surface area (Å²) in [6, 6.07) is 4.05. The minimum atomic E-state index is 0.797. The Morgan fingerprint density at radius 3 is 3.14 bits per heavy atom. The van der Waals surface area contributed by atoms with Crippen LogP contribution in [0.5, 0.6) is 0 Å². The number of rotatable bonds is 4. The fourth-order valence-electron chi connectivity index (χ4n) is 1.87. The summed E-state index contributed by atoms with van der Waals surface area (Å²) < 4.78 is 5.47. The molecule has 2 rings (SSSR count). The molecule has 14 heavy (non-hydrogen) atoms. The van der Waals surface area contributed by atoms with Crippen molar-refractivity contribution in [1.82, 2.24) is 10.6 Å². The van der Waals surface area contributed by atoms with E-state index in [9.17, 15) is 0 Å². The first-order chi connectivity index (χ1) is 6.84. The van der Waals surface area contributed by atoms with Gasteiger partial charge in [0, 0.05) is 0 Å². The third kappa shape index (κ3) is 2.59. The highest BCUT2D eigenvalue weighted by atomic mass is 16.3. The van der Waals surface area contributed by atoms with Gasteiger partial charge in [-0.05, 0) is 51.0 Å². The zero-order valence-electron chi connectivity index (χ0n) is 8.68. The zero-order valence-corrected chi connectivity index (χ0v) is 8.68. The van der Waals surface area contributed by atoms with E-state index < -0.39 is 0 Å². The third-order valence-corrected chi connectivity index (χ3v) is 2.69. The van der Waals surface area contributed by atoms with Gasteiger partial charge in [-0.3, -0.25) is 0 Å². The van der Waals surface area contributed by atoms with Gasteiger partial charge in [0.05, 0.1) is 6.54 Å². The summed E-state index contributed by atoms with van der Waals surface area (Å²) in [4.78, 5) is 0. The molecule has 0 bridgehead atoms. The molecule has 0 saturated carbocycles. The Kier molecular flexibility index (Phi) is 3.22. The van der Waals surface area contributed by atoms with Crippen molar-refractivity contribution in [3.05, 3.63) is 23.7 Å². The highest BCUT2D eigenvalue weighted by molar-refractivity contribution is 5.05. The summed E-state index contributed by atoms with van der Waals surface area (Å²) >= 11 is 0. The Bertz CT molecular complexity index is 277. The minimum absolute atomic E-state index is 0.797. The van der Waals surface area contributed by atoms with Crippen LogP contribution in [0.3, 0.4) is 0 Å². The van der Waals surface area contributed by atoms with E-state index in [-0.39, 0.29) is 0 Å². The molecule has 1 fully saturated rings. The monoisotopic (exact) mass is 194 g/mol. The van der Waals surface area contributed by atoms with Crippen LogP contribution < -0.4 is 10.6 Å². The molecule has 3 heteroatoms. The SMILES string of the molecule is Cc1ccc(CNCC2CCNC2)o1. The summed E-state index contributed by atoms with van der Waals surface area (Å²) in [5, 5.41) is 6.78. The molecule has 0 aliphatic carbocycles. The van der Waals surface area contributed by atoms with Crippen molar-refractivity contribution < 1.29 is 4.42 Å². The lowest BCUT2D eigenvalue weighted by Crippen LogP contribution is -2.23. The van der Waals surface area contributed by atoms with Crippen LogP contribution in [-0.4, -0.2) is 19.6 Å². The minimum Gasteiger partial charge on any atom is -0.465 e. The van der Waals surface area contributed by atoms with E-state index in [0.717, 1.165) is 37.1 Å². The van der Waals surface area contributed by atoms with E-state index in [1.165, 1.54) is 13.0 Å². The second-order valence-corrected chi connectivity index (χ2v) is 4.00. The van der Waals surface area contributed by atoms with Gasteiger partial charge >= 0.3 is 0 Å². The lowest BCUT2D eigenvalue weighted by Gasteiger charge is -2.08. The number of aryl methyl sites for hydroxylation is 1. The summed E-state index contributed by atoms with van der Waals surface area (Å²) in [6.45, 7) is 6.25. The molecule has 1 saturated heterocycles. The van der Waals surface area contributed by atoms with Crippen LogP contribution in [-0.2, 0) is 6.54 Å². The first-order valence-corrected chi connectivity index (χ1v) is 5.31. The van der Waals surface area contributed by atoms with Gasteiger partial charge in [-0.2, -0.15) is 0 Å². The standard InChI is InChI=1S/C11H18N2O/c1-9-2-3-11(14-9)8-13-7-10-4-5-12-6-10/h2-3,10,12-13H,4-8H2,1H3. The molecule has 0 amide bonds. The molecular formula is C11H18N2O. The maximum atomic E-state index is 5.47. The van der Waals surface area contributed by atoms with Crippen molar-refractivity contribution in [1.29, 1.82) is 0 Å². The van der Waals surface area contributed by atoms with E-state index >= 15 is 0 Å². The number of hydrogen-bond donors (Lipinski definition) is 2. The highest BCUT2D eigenvalue weighted by Gasteiger charge is 2.13. The average Bonchev–Trinajstić information content (AvgIpc) is 2.77. The molecule has 1 aromatic rings. The summed E-state index contributed by atoms with van der Waals surface area (Å²) in [6.07, 6.45) is 1.30. The molecule has 1 aromatic heterocycles. The number of nitrogens with one attached hydrogen (secondary N) is 2. The van der Waals surface area contributed by atoms with E-state index in [1.54, 1.807) is 0 Å². The Hall–Kier alpha value is -0.800. The van der Waals surface area contributed by atoms with Crippen molar-refractivity contribution in [2.45, 2.75) is 19.9 Å². The van der Waals surface area contributed by atoms with Crippen molar-refractivity contribution in [2.24, 2.45) is 5.92 Å². The maximum absolute atomic E-state index is 5.47. The lowest BCUT2D eigenvalue weighted by molar-refractivity contribution is 0.440. The van der Waals surface area contributed by atoms with Gasteiger partial charge in [0.15, 0.2) is 0 Å². The van der Waals surface area contributed by atoms with Crippen molar-refractivity contribution in [3.8, 4) is 0 Å². The predicted octanol–water partition coefficient (Wildman–Crippen LogP) is 1.29. The van der Waals surface area contributed by atoms with Gasteiger partial charge in [0.1, 0.15) is 11.5 Å². The smallest absolute Gasteiger partial charge is 0.117 e. The first-order valence-electron chi connectivity index (χ1n) is 5.31. The molecule has 78 valence electrons. The number of hydrogen-bond acceptors (Lipinski definition) is 3. The zero-order chi connectivity index (χ0) is 9.80. The Balaban J connectivity index is 1.67. The summed E-state index contributed by atoms with van der Waals surface area (Å²) in [7, 11) is 0. The van der Waals surface area contributed by atoms with E-state index in [0.29, 0.717) is 0 Å². The van der Waals surface area contributed by atoms with E-state index in [2.05, 4.69) is 10.6 Å². The second-order valence-electron chi connectivity index (χ2n) is 4.00. The number of furan rings is 1. The highest BCUT2D eigenvalue weighted by Crippen LogP contribution is 2.08. The molecule has 1 aliphatic rings. The Morgan fingerprint density at radius 1 is 1.57 bits per heavy atom. The normalized spacial score (nSPS) is 21.6. The van der Waals surface area contributed by atoms with Gasteiger partial charge in [0.2, 0.25) is 0 Å². The molecule has 0 spiro atoms. The molecule has 0 radical (unpaired) electrons. The fourth-order valence-corrected chi connectivity index (χ4v) is 1.87. The molecule has 0 aromatic carbocycles. The molecular weight excluding hydrogens is 176 g/mol. The van der Waals surface area contributed by atoms with Crippen LogP contribution in [0.15, 0.2) is 16.5 Å². The van der Waals surface area contributed by atoms with Crippen molar-refractivity contribution >= 4 is 0 Å². The summed E-state index contributed by atoms with van der Waals surface area (Å²) in [5.74, 6) is 2.82. The van der Waals surface area contributed by atoms with Crippen LogP contribution in [0, 0.1) is 12.8 Å². The van der Waals surface area contributed by atoms with Gasteiger partial charge in [-0.25, -0.2) is 0 Å². The Morgan fingerprint density at radius 2 is 2.50 bits per heavy atom. The van der Waals surface area contributed by atoms with Gasteiger partial charge in [-0.15, -0.1) is 0 Å². The Labute approximate surface area is 84.9 Å². The van der Waals surface area contributed by atoms with Crippen molar-refractivity contribution in [3.63, 3.8) is 0 Å². The van der Waals surface area contributed by atoms with Crippen LogP contribution in [0.2, 0.25) is 0 Å². The van der Waals surface area contributed by atoms with E-state index in [4.69, 9.17) is 4.42 Å². The topological polar surface area (TPSA) is 37.2 Å². The van der Waals surface area contributed by atoms with Crippen LogP contribution >= 0.6 is 0 Å². The van der Waals surface area contributed by atoms with Crippen LogP contribution in [0.4, 0.5) is 0 Å². The molecule has 1 atom stereocenters. The molecule has 3 nitrogen and oxygen atoms in total. The van der Waals surface area contributed by atoms with E-state index in [1.807, 2.05) is 19.1 Å². The average molecular weight is 194 g/mol. The lowest BCUT2D eigenvalue weighted by atomic mass is 10.1. The largest absolute Gasteiger partial charge is 0.465 e.